The third kappa shape index (κ3) is 3.73. The number of fused-ring (bicyclic) bond motifs is 1. The van der Waals surface area contributed by atoms with Crippen LogP contribution in [0.25, 0.3) is 10.9 Å². The standard InChI is InChI=1S/C22H29N5O/c1-14(2)19(24-4)21(28)27-22(10-15(3)12-25-13-22)18-8-7-16(11-23)20-17(18)6-5-9-26-20/h5-9,14-15,19,24-25H,10,12-13H2,1-4H3,(H,27,28)/t15-,19?,22-/m0/s1. The molecule has 1 amide bonds. The van der Waals surface area contributed by atoms with Crippen LogP contribution in [-0.2, 0) is 10.3 Å². The van der Waals surface area contributed by atoms with Gasteiger partial charge in [-0.3, -0.25) is 9.78 Å². The average Bonchev–Trinajstić information content (AvgIpc) is 2.67. The van der Waals surface area contributed by atoms with Gasteiger partial charge in [-0.15, -0.1) is 0 Å². The first kappa shape index (κ1) is 20.2. The molecule has 6 heteroatoms. The minimum Gasteiger partial charge on any atom is -0.344 e. The van der Waals surface area contributed by atoms with Crippen molar-refractivity contribution in [3.8, 4) is 6.07 Å². The van der Waals surface area contributed by atoms with Crippen LogP contribution in [-0.4, -0.2) is 37.1 Å². The van der Waals surface area contributed by atoms with E-state index in [1.165, 1.54) is 0 Å². The lowest BCUT2D eigenvalue weighted by Crippen LogP contribution is -2.60. The Kier molecular flexibility index (Phi) is 5.97. The number of amides is 1. The van der Waals surface area contributed by atoms with Gasteiger partial charge in [0.25, 0.3) is 0 Å². The summed E-state index contributed by atoms with van der Waals surface area (Å²) in [6.07, 6.45) is 2.53. The van der Waals surface area contributed by atoms with Gasteiger partial charge in [-0.2, -0.15) is 5.26 Å². The van der Waals surface area contributed by atoms with Gasteiger partial charge in [0.05, 0.1) is 22.7 Å². The number of aromatic nitrogens is 1. The monoisotopic (exact) mass is 379 g/mol. The Morgan fingerprint density at radius 2 is 2.18 bits per heavy atom. The quantitative estimate of drug-likeness (QED) is 0.742. The highest BCUT2D eigenvalue weighted by Gasteiger charge is 2.40. The first-order chi connectivity index (χ1) is 13.4. The molecule has 2 heterocycles. The number of rotatable bonds is 5. The number of carbonyl (C=O) groups is 1. The van der Waals surface area contributed by atoms with Gasteiger partial charge in [-0.1, -0.05) is 32.9 Å². The normalized spacial score (nSPS) is 23.4. The van der Waals surface area contributed by atoms with Crippen molar-refractivity contribution < 1.29 is 4.79 Å². The summed E-state index contributed by atoms with van der Waals surface area (Å²) >= 11 is 0. The van der Waals surface area contributed by atoms with Crippen LogP contribution in [0.4, 0.5) is 0 Å². The number of nitriles is 1. The summed E-state index contributed by atoms with van der Waals surface area (Å²) in [6, 6.07) is 9.63. The van der Waals surface area contributed by atoms with Gasteiger partial charge in [-0.25, -0.2) is 0 Å². The number of nitrogens with one attached hydrogen (secondary N) is 3. The fourth-order valence-electron chi connectivity index (χ4n) is 4.40. The molecule has 0 radical (unpaired) electrons. The Morgan fingerprint density at radius 3 is 2.82 bits per heavy atom. The van der Waals surface area contributed by atoms with E-state index in [-0.39, 0.29) is 17.9 Å². The Labute approximate surface area is 166 Å². The molecule has 1 aliphatic rings. The Bertz CT molecular complexity index is 903. The fourth-order valence-corrected chi connectivity index (χ4v) is 4.40. The molecule has 0 spiro atoms. The van der Waals surface area contributed by atoms with Crippen LogP contribution < -0.4 is 16.0 Å². The number of piperidine rings is 1. The number of benzene rings is 1. The SMILES string of the molecule is CNC(C(=O)N[C@]1(c2ccc(C#N)c3ncccc23)CNC[C@@H](C)C1)C(C)C. The van der Waals surface area contributed by atoms with E-state index in [1.54, 1.807) is 6.20 Å². The Hall–Kier alpha value is -2.49. The summed E-state index contributed by atoms with van der Waals surface area (Å²) in [5, 5.41) is 20.4. The summed E-state index contributed by atoms with van der Waals surface area (Å²) in [5.41, 5.74) is 1.70. The van der Waals surface area contributed by atoms with Crippen molar-refractivity contribution in [3.63, 3.8) is 0 Å². The maximum atomic E-state index is 13.2. The van der Waals surface area contributed by atoms with E-state index in [1.807, 2.05) is 45.2 Å². The molecule has 0 aliphatic carbocycles. The summed E-state index contributed by atoms with van der Waals surface area (Å²) in [7, 11) is 1.82. The van der Waals surface area contributed by atoms with E-state index in [4.69, 9.17) is 0 Å². The number of likely N-dealkylation sites (N-methyl/N-ethyl adjacent to an activating group) is 1. The topological polar surface area (TPSA) is 89.8 Å². The number of pyridine rings is 1. The molecule has 3 rings (SSSR count). The second-order valence-corrected chi connectivity index (χ2v) is 8.19. The maximum Gasteiger partial charge on any atom is 0.238 e. The summed E-state index contributed by atoms with van der Waals surface area (Å²) in [5.74, 6) is 0.577. The molecule has 3 atom stereocenters. The first-order valence-electron chi connectivity index (χ1n) is 9.90. The predicted molar refractivity (Wildman–Crippen MR) is 111 cm³/mol. The molecule has 1 aromatic heterocycles. The van der Waals surface area contributed by atoms with Crippen molar-refractivity contribution in [1.82, 2.24) is 20.9 Å². The molecule has 1 aromatic carbocycles. The van der Waals surface area contributed by atoms with Crippen LogP contribution in [0, 0.1) is 23.2 Å². The lowest BCUT2D eigenvalue weighted by Gasteiger charge is -2.43. The molecule has 2 aromatic rings. The number of nitrogens with zero attached hydrogens (tertiary/aromatic N) is 2. The molecule has 6 nitrogen and oxygen atoms in total. The lowest BCUT2D eigenvalue weighted by molar-refractivity contribution is -0.126. The van der Waals surface area contributed by atoms with Crippen molar-refractivity contribution in [1.29, 1.82) is 5.26 Å². The third-order valence-corrected chi connectivity index (χ3v) is 5.64. The van der Waals surface area contributed by atoms with Crippen LogP contribution in [0.3, 0.4) is 0 Å². The van der Waals surface area contributed by atoms with E-state index < -0.39 is 5.54 Å². The second-order valence-electron chi connectivity index (χ2n) is 8.19. The number of hydrogen-bond acceptors (Lipinski definition) is 5. The molecule has 1 saturated heterocycles. The van der Waals surface area contributed by atoms with Crippen molar-refractivity contribution in [2.45, 2.75) is 38.8 Å². The highest BCUT2D eigenvalue weighted by atomic mass is 16.2. The van der Waals surface area contributed by atoms with Gasteiger partial charge in [0.2, 0.25) is 5.91 Å². The van der Waals surface area contributed by atoms with Crippen LogP contribution >= 0.6 is 0 Å². The molecule has 148 valence electrons. The smallest absolute Gasteiger partial charge is 0.238 e. The highest BCUT2D eigenvalue weighted by molar-refractivity contribution is 5.89. The minimum absolute atomic E-state index is 0.00481. The Balaban J connectivity index is 2.13. The second kappa shape index (κ2) is 8.26. The Morgan fingerprint density at radius 1 is 1.39 bits per heavy atom. The molecular formula is C22H29N5O. The minimum atomic E-state index is -0.548. The van der Waals surface area contributed by atoms with Gasteiger partial charge >= 0.3 is 0 Å². The highest BCUT2D eigenvalue weighted by Crippen LogP contribution is 2.36. The van der Waals surface area contributed by atoms with E-state index in [0.717, 1.165) is 23.9 Å². The summed E-state index contributed by atoms with van der Waals surface area (Å²) in [4.78, 5) is 17.6. The zero-order valence-corrected chi connectivity index (χ0v) is 17.0. The fraction of sp³-hybridized carbons (Fsp3) is 0.500. The van der Waals surface area contributed by atoms with Crippen molar-refractivity contribution in [3.05, 3.63) is 41.6 Å². The van der Waals surface area contributed by atoms with E-state index in [2.05, 4.69) is 33.9 Å². The maximum absolute atomic E-state index is 13.2. The molecular weight excluding hydrogens is 350 g/mol. The van der Waals surface area contributed by atoms with Crippen LogP contribution in [0.1, 0.15) is 38.3 Å². The van der Waals surface area contributed by atoms with Gasteiger partial charge in [-0.05, 0) is 49.5 Å². The van der Waals surface area contributed by atoms with Gasteiger partial charge in [0.15, 0.2) is 0 Å². The zero-order chi connectivity index (χ0) is 20.3. The van der Waals surface area contributed by atoms with Crippen molar-refractivity contribution >= 4 is 16.8 Å². The molecule has 28 heavy (non-hydrogen) atoms. The van der Waals surface area contributed by atoms with Crippen LogP contribution in [0.5, 0.6) is 0 Å². The lowest BCUT2D eigenvalue weighted by atomic mass is 9.77. The molecule has 0 saturated carbocycles. The largest absolute Gasteiger partial charge is 0.344 e. The number of carbonyl (C=O) groups excluding carboxylic acids is 1. The molecule has 3 N–H and O–H groups in total. The van der Waals surface area contributed by atoms with Crippen molar-refractivity contribution in [2.24, 2.45) is 11.8 Å². The first-order valence-corrected chi connectivity index (χ1v) is 9.90. The number of hydrogen-bond donors (Lipinski definition) is 3. The summed E-state index contributed by atoms with van der Waals surface area (Å²) in [6.45, 7) is 7.83. The summed E-state index contributed by atoms with van der Waals surface area (Å²) < 4.78 is 0. The molecule has 1 fully saturated rings. The van der Waals surface area contributed by atoms with Crippen molar-refractivity contribution in [2.75, 3.05) is 20.1 Å². The van der Waals surface area contributed by atoms with E-state index >= 15 is 0 Å². The van der Waals surface area contributed by atoms with E-state index in [9.17, 15) is 10.1 Å². The molecule has 1 aliphatic heterocycles. The van der Waals surface area contributed by atoms with Gasteiger partial charge in [0.1, 0.15) is 6.07 Å². The van der Waals surface area contributed by atoms with Gasteiger partial charge < -0.3 is 16.0 Å². The van der Waals surface area contributed by atoms with Gasteiger partial charge in [0, 0.05) is 18.1 Å². The third-order valence-electron chi connectivity index (χ3n) is 5.64. The average molecular weight is 380 g/mol. The zero-order valence-electron chi connectivity index (χ0n) is 17.0. The van der Waals surface area contributed by atoms with Crippen LogP contribution in [0.2, 0.25) is 0 Å². The molecule has 1 unspecified atom stereocenters. The molecule has 0 bridgehead atoms. The predicted octanol–water partition coefficient (Wildman–Crippen LogP) is 2.29. The van der Waals surface area contributed by atoms with E-state index in [0.29, 0.717) is 23.5 Å². The van der Waals surface area contributed by atoms with Crippen LogP contribution in [0.15, 0.2) is 30.5 Å².